The van der Waals surface area contributed by atoms with Gasteiger partial charge in [-0.3, -0.25) is 5.32 Å². The molecular weight excluding hydrogens is 300 g/mol. The van der Waals surface area contributed by atoms with E-state index in [1.54, 1.807) is 20.8 Å². The number of hydrogen-bond acceptors (Lipinski definition) is 4. The Labute approximate surface area is 122 Å². The van der Waals surface area contributed by atoms with Crippen LogP contribution in [0.4, 0.5) is 10.5 Å². The van der Waals surface area contributed by atoms with Crippen LogP contribution in [0.15, 0.2) is 16.9 Å². The lowest BCUT2D eigenvalue weighted by molar-refractivity contribution is 0.0635. The zero-order chi connectivity index (χ0) is 18.1. The molecule has 1 aromatic heterocycles. The molecule has 1 rings (SSSR count). The third-order valence-corrected chi connectivity index (χ3v) is 2.06. The molecule has 0 spiro atoms. The smallest absolute Gasteiger partial charge is 0.412 e. The first-order valence-electron chi connectivity index (χ1n) is 7.56. The molecule has 1 aromatic rings. The van der Waals surface area contributed by atoms with Crippen molar-refractivity contribution in [3.05, 3.63) is 16.9 Å². The number of hydrogen-bond donors (Lipinski definition) is 1. The van der Waals surface area contributed by atoms with Gasteiger partial charge in [0, 0.05) is 4.11 Å². The van der Waals surface area contributed by atoms with Crippen molar-refractivity contribution in [2.75, 3.05) is 11.9 Å². The Bertz CT molecular complexity index is 587. The summed E-state index contributed by atoms with van der Waals surface area (Å²) < 4.78 is 46.8. The molecule has 5 nitrogen and oxygen atoms in total. The van der Waals surface area contributed by atoms with Gasteiger partial charge in [-0.15, -0.1) is 0 Å². The van der Waals surface area contributed by atoms with Gasteiger partial charge in [0.15, 0.2) is 5.75 Å². The molecule has 1 amide bonds. The van der Waals surface area contributed by atoms with Gasteiger partial charge in [-0.05, 0) is 49.6 Å². The summed E-state index contributed by atoms with van der Waals surface area (Å²) in [6.45, 7) is -0.921. The van der Waals surface area contributed by atoms with Crippen LogP contribution in [0.5, 0.6) is 5.75 Å². The van der Waals surface area contributed by atoms with Crippen molar-refractivity contribution in [3.63, 3.8) is 0 Å². The van der Waals surface area contributed by atoms with E-state index in [1.165, 1.54) is 6.07 Å². The Balaban J connectivity index is 3.05. The van der Waals surface area contributed by atoms with Crippen LogP contribution >= 0.6 is 15.9 Å². The van der Waals surface area contributed by atoms with Gasteiger partial charge in [-0.25, -0.2) is 9.78 Å². The lowest BCUT2D eigenvalue weighted by atomic mass is 10.2. The molecule has 0 aliphatic carbocycles. The van der Waals surface area contributed by atoms with Crippen LogP contribution in [0.2, 0.25) is 0 Å². The SMILES string of the molecule is [2H]C([2H])([2H])C([2H])([2H])Oc1cnc(Br)cc1NC(=O)OC(C)(C)C. The van der Waals surface area contributed by atoms with Crippen molar-refractivity contribution in [1.29, 1.82) is 0 Å². The third-order valence-electron chi connectivity index (χ3n) is 1.63. The number of carbonyl (C=O) groups excluding carboxylic acids is 1. The lowest BCUT2D eigenvalue weighted by Crippen LogP contribution is -2.27. The van der Waals surface area contributed by atoms with Crippen LogP contribution in [0.25, 0.3) is 0 Å². The van der Waals surface area contributed by atoms with Gasteiger partial charge in [0.25, 0.3) is 0 Å². The molecule has 0 radical (unpaired) electrons. The van der Waals surface area contributed by atoms with Gasteiger partial charge in [0.05, 0.1) is 21.2 Å². The van der Waals surface area contributed by atoms with E-state index < -0.39 is 25.1 Å². The molecule has 18 heavy (non-hydrogen) atoms. The lowest BCUT2D eigenvalue weighted by Gasteiger charge is -2.20. The van der Waals surface area contributed by atoms with E-state index >= 15 is 0 Å². The van der Waals surface area contributed by atoms with Crippen molar-refractivity contribution >= 4 is 27.7 Å². The van der Waals surface area contributed by atoms with E-state index in [1.807, 2.05) is 0 Å². The number of aromatic nitrogens is 1. The Morgan fingerprint density at radius 3 is 3.00 bits per heavy atom. The zero-order valence-electron chi connectivity index (χ0n) is 15.2. The Hall–Kier alpha value is -1.30. The number of nitrogens with one attached hydrogen (secondary N) is 1. The topological polar surface area (TPSA) is 60.5 Å². The Morgan fingerprint density at radius 1 is 1.67 bits per heavy atom. The summed E-state index contributed by atoms with van der Waals surface area (Å²) in [5, 5.41) is 2.38. The molecule has 6 heteroatoms. The van der Waals surface area contributed by atoms with Crippen LogP contribution in [0.3, 0.4) is 0 Å². The highest BCUT2D eigenvalue weighted by molar-refractivity contribution is 9.10. The van der Waals surface area contributed by atoms with E-state index in [2.05, 4.69) is 26.2 Å². The fourth-order valence-corrected chi connectivity index (χ4v) is 1.40. The van der Waals surface area contributed by atoms with Crippen molar-refractivity contribution in [1.82, 2.24) is 4.98 Å². The van der Waals surface area contributed by atoms with E-state index in [-0.39, 0.29) is 11.4 Å². The maximum atomic E-state index is 11.8. The second-order valence-corrected chi connectivity index (χ2v) is 5.15. The van der Waals surface area contributed by atoms with Gasteiger partial charge >= 0.3 is 6.09 Å². The van der Waals surface area contributed by atoms with Gasteiger partial charge in [-0.1, -0.05) is 0 Å². The molecule has 0 fully saturated rings. The monoisotopic (exact) mass is 321 g/mol. The van der Waals surface area contributed by atoms with Crippen molar-refractivity contribution < 1.29 is 21.1 Å². The van der Waals surface area contributed by atoms with Crippen LogP contribution in [0, 0.1) is 0 Å². The summed E-state index contributed by atoms with van der Waals surface area (Å²) in [5.41, 5.74) is -0.711. The minimum Gasteiger partial charge on any atom is -0.490 e. The molecule has 0 saturated heterocycles. The van der Waals surface area contributed by atoms with Crippen molar-refractivity contribution in [2.24, 2.45) is 0 Å². The first kappa shape index (κ1) is 8.74. The number of nitrogens with zero attached hydrogens (tertiary/aromatic N) is 1. The molecule has 100 valence electrons. The molecular formula is C12H17BrN2O3. The second kappa shape index (κ2) is 6.04. The molecule has 0 bridgehead atoms. The summed E-state index contributed by atoms with van der Waals surface area (Å²) in [7, 11) is 0. The van der Waals surface area contributed by atoms with Crippen LogP contribution in [-0.4, -0.2) is 23.2 Å². The van der Waals surface area contributed by atoms with E-state index in [0.717, 1.165) is 6.20 Å². The van der Waals surface area contributed by atoms with Gasteiger partial charge in [-0.2, -0.15) is 0 Å². The number of rotatable bonds is 3. The molecule has 1 heterocycles. The minimum atomic E-state index is -3.01. The van der Waals surface area contributed by atoms with E-state index in [4.69, 9.17) is 16.3 Å². The zero-order valence-corrected chi connectivity index (χ0v) is 11.8. The first-order valence-corrected chi connectivity index (χ1v) is 5.85. The average molecular weight is 322 g/mol. The highest BCUT2D eigenvalue weighted by Crippen LogP contribution is 2.26. The standard InChI is InChI=1S/C12H17BrN2O3/c1-5-17-9-7-14-10(13)6-8(9)15-11(16)18-12(2,3)4/h6-7H,5H2,1-4H3,(H,14,15,16)/i1D3,5D2. The number of amides is 1. The van der Waals surface area contributed by atoms with Gasteiger partial charge in [0.1, 0.15) is 10.2 Å². The molecule has 0 aliphatic rings. The molecule has 0 aliphatic heterocycles. The normalized spacial score (nSPS) is 16.6. The van der Waals surface area contributed by atoms with Gasteiger partial charge in [0.2, 0.25) is 0 Å². The molecule has 1 N–H and O–H groups in total. The van der Waals surface area contributed by atoms with E-state index in [0.29, 0.717) is 4.60 Å². The predicted molar refractivity (Wildman–Crippen MR) is 73.0 cm³/mol. The predicted octanol–water partition coefficient (Wildman–Crippen LogP) is 3.59. The molecule has 0 aromatic carbocycles. The maximum Gasteiger partial charge on any atom is 0.412 e. The number of pyridine rings is 1. The number of carbonyl (C=O) groups is 1. The highest BCUT2D eigenvalue weighted by atomic mass is 79.9. The van der Waals surface area contributed by atoms with Crippen molar-refractivity contribution in [2.45, 2.75) is 33.2 Å². The third kappa shape index (κ3) is 4.91. The van der Waals surface area contributed by atoms with Gasteiger partial charge < -0.3 is 9.47 Å². The number of anilines is 1. The summed E-state index contributed by atoms with van der Waals surface area (Å²) in [6, 6.07) is 1.34. The largest absolute Gasteiger partial charge is 0.490 e. The quantitative estimate of drug-likeness (QED) is 0.864. The molecule has 0 unspecified atom stereocenters. The average Bonchev–Trinajstić information content (AvgIpc) is 2.28. The number of halogens is 1. The summed E-state index contributed by atoms with van der Waals surface area (Å²) >= 11 is 3.10. The Kier molecular flexibility index (Phi) is 2.93. The second-order valence-electron chi connectivity index (χ2n) is 4.33. The van der Waals surface area contributed by atoms with Crippen LogP contribution < -0.4 is 10.1 Å². The van der Waals surface area contributed by atoms with Crippen molar-refractivity contribution in [3.8, 4) is 5.75 Å². The van der Waals surface area contributed by atoms with Crippen LogP contribution in [0.1, 0.15) is 34.5 Å². The maximum absolute atomic E-state index is 11.8. The van der Waals surface area contributed by atoms with Crippen LogP contribution in [-0.2, 0) is 4.74 Å². The summed E-state index contributed by atoms with van der Waals surface area (Å²) in [5.74, 6) is -0.236. The summed E-state index contributed by atoms with van der Waals surface area (Å²) in [6.07, 6.45) is 0.301. The minimum absolute atomic E-state index is 0.0225. The highest BCUT2D eigenvalue weighted by Gasteiger charge is 2.17. The fraction of sp³-hybridized carbons (Fsp3) is 0.500. The fourth-order valence-electron chi connectivity index (χ4n) is 1.06. The Morgan fingerprint density at radius 2 is 2.39 bits per heavy atom. The van der Waals surface area contributed by atoms with E-state index in [9.17, 15) is 4.79 Å². The first-order chi connectivity index (χ1) is 10.2. The summed E-state index contributed by atoms with van der Waals surface area (Å²) in [4.78, 5) is 15.7. The molecule has 0 saturated carbocycles. The number of ether oxygens (including phenoxy) is 2. The molecule has 0 atom stereocenters.